The van der Waals surface area contributed by atoms with Gasteiger partial charge in [0.2, 0.25) is 0 Å². The predicted octanol–water partition coefficient (Wildman–Crippen LogP) is 3.66. The van der Waals surface area contributed by atoms with Crippen LogP contribution >= 0.6 is 0 Å². The summed E-state index contributed by atoms with van der Waals surface area (Å²) < 4.78 is 17.8. The largest absolute Gasteiger partial charge is 0.493 e. The zero-order valence-electron chi connectivity index (χ0n) is 16.7. The van der Waals surface area contributed by atoms with Crippen LogP contribution in [0.5, 0.6) is 17.2 Å². The van der Waals surface area contributed by atoms with Gasteiger partial charge in [-0.05, 0) is 32.4 Å². The van der Waals surface area contributed by atoms with E-state index in [0.29, 0.717) is 47.7 Å². The summed E-state index contributed by atoms with van der Waals surface area (Å²) in [6.45, 7) is 7.50. The molecule has 1 amide bonds. The van der Waals surface area contributed by atoms with E-state index in [0.717, 1.165) is 12.8 Å². The van der Waals surface area contributed by atoms with Gasteiger partial charge in [0.05, 0.1) is 25.8 Å². The first kappa shape index (κ1) is 20.6. The third-order valence-corrected chi connectivity index (χ3v) is 4.51. The average Bonchev–Trinajstić information content (AvgIpc) is 2.69. The standard InChI is InChI=1S/C20H28N2O5/c1-6-9-10-21(7-2)20(24)27-18-13-22(8-3)19(23)15-12-17(26-5)16(25-4)11-14(15)18/h11-13H,6-10H2,1-5H3. The highest BCUT2D eigenvalue weighted by Crippen LogP contribution is 2.35. The highest BCUT2D eigenvalue weighted by Gasteiger charge is 2.19. The van der Waals surface area contributed by atoms with Crippen molar-refractivity contribution >= 4 is 16.9 Å². The molecule has 0 fully saturated rings. The Bertz CT molecular complexity index is 860. The number of unbranched alkanes of at least 4 members (excludes halogenated alkanes) is 1. The quantitative estimate of drug-likeness (QED) is 0.703. The summed E-state index contributed by atoms with van der Waals surface area (Å²) in [6, 6.07) is 3.29. The second-order valence-corrected chi connectivity index (χ2v) is 6.14. The second kappa shape index (κ2) is 9.30. The van der Waals surface area contributed by atoms with Crippen LogP contribution in [0.2, 0.25) is 0 Å². The van der Waals surface area contributed by atoms with Crippen LogP contribution in [0.1, 0.15) is 33.6 Å². The Kier molecular flexibility index (Phi) is 7.10. The number of rotatable bonds is 8. The molecule has 0 aliphatic carbocycles. The fraction of sp³-hybridized carbons (Fsp3) is 0.500. The van der Waals surface area contributed by atoms with Crippen molar-refractivity contribution in [2.45, 2.75) is 40.2 Å². The molecular weight excluding hydrogens is 348 g/mol. The highest BCUT2D eigenvalue weighted by molar-refractivity contribution is 5.92. The third kappa shape index (κ3) is 4.35. The number of methoxy groups -OCH3 is 2. The first-order chi connectivity index (χ1) is 13.0. The maximum atomic E-state index is 12.7. The minimum atomic E-state index is -0.427. The fourth-order valence-electron chi connectivity index (χ4n) is 2.89. The van der Waals surface area contributed by atoms with Gasteiger partial charge in [-0.25, -0.2) is 4.79 Å². The lowest BCUT2D eigenvalue weighted by atomic mass is 10.1. The number of carbonyl (C=O) groups excluding carboxylic acids is 1. The van der Waals surface area contributed by atoms with Crippen LogP contribution in [-0.4, -0.2) is 42.9 Å². The zero-order valence-corrected chi connectivity index (χ0v) is 16.7. The Balaban J connectivity index is 2.56. The number of aryl methyl sites for hydroxylation is 1. The molecule has 0 unspecified atom stereocenters. The van der Waals surface area contributed by atoms with Gasteiger partial charge in [-0.3, -0.25) is 4.79 Å². The minimum absolute atomic E-state index is 0.174. The molecule has 0 N–H and O–H groups in total. The SMILES string of the molecule is CCCCN(CC)C(=O)Oc1cn(CC)c(=O)c2cc(OC)c(OC)cc12. The van der Waals surface area contributed by atoms with Gasteiger partial charge in [-0.1, -0.05) is 13.3 Å². The van der Waals surface area contributed by atoms with E-state index in [2.05, 4.69) is 6.92 Å². The predicted molar refractivity (Wildman–Crippen MR) is 105 cm³/mol. The summed E-state index contributed by atoms with van der Waals surface area (Å²) in [6.07, 6.45) is 3.04. The number of amides is 1. The van der Waals surface area contributed by atoms with Crippen LogP contribution < -0.4 is 19.8 Å². The molecule has 2 rings (SSSR count). The Morgan fingerprint density at radius 2 is 1.67 bits per heavy atom. The maximum absolute atomic E-state index is 12.7. The monoisotopic (exact) mass is 376 g/mol. The molecule has 2 aromatic rings. The van der Waals surface area contributed by atoms with Gasteiger partial charge >= 0.3 is 6.09 Å². The van der Waals surface area contributed by atoms with Gasteiger partial charge in [0, 0.05) is 25.0 Å². The second-order valence-electron chi connectivity index (χ2n) is 6.14. The first-order valence-electron chi connectivity index (χ1n) is 9.26. The summed E-state index contributed by atoms with van der Waals surface area (Å²) in [5, 5.41) is 0.929. The van der Waals surface area contributed by atoms with E-state index in [1.807, 2.05) is 13.8 Å². The zero-order chi connectivity index (χ0) is 20.0. The molecule has 1 aromatic carbocycles. The number of fused-ring (bicyclic) bond motifs is 1. The summed E-state index contributed by atoms with van der Waals surface area (Å²) in [4.78, 5) is 27.0. The molecule has 0 atom stereocenters. The van der Waals surface area contributed by atoms with Crippen LogP contribution in [0, 0.1) is 0 Å². The number of benzene rings is 1. The Morgan fingerprint density at radius 1 is 1.04 bits per heavy atom. The molecule has 1 heterocycles. The van der Waals surface area contributed by atoms with Crippen molar-refractivity contribution in [2.75, 3.05) is 27.3 Å². The van der Waals surface area contributed by atoms with E-state index < -0.39 is 6.09 Å². The molecule has 1 aromatic heterocycles. The number of hydrogen-bond donors (Lipinski definition) is 0. The lowest BCUT2D eigenvalue weighted by Gasteiger charge is -2.21. The van der Waals surface area contributed by atoms with Crippen LogP contribution in [-0.2, 0) is 6.54 Å². The molecular formula is C20H28N2O5. The normalized spacial score (nSPS) is 10.7. The van der Waals surface area contributed by atoms with Gasteiger partial charge in [-0.2, -0.15) is 0 Å². The van der Waals surface area contributed by atoms with Gasteiger partial charge in [0.1, 0.15) is 0 Å². The fourth-order valence-corrected chi connectivity index (χ4v) is 2.89. The summed E-state index contributed by atoms with van der Waals surface area (Å²) in [7, 11) is 3.03. The number of ether oxygens (including phenoxy) is 3. The van der Waals surface area contributed by atoms with E-state index in [9.17, 15) is 9.59 Å². The van der Waals surface area contributed by atoms with Crippen LogP contribution in [0.25, 0.3) is 10.8 Å². The number of nitrogens with zero attached hydrogens (tertiary/aromatic N) is 2. The molecule has 0 radical (unpaired) electrons. The van der Waals surface area contributed by atoms with Crippen molar-refractivity contribution < 1.29 is 19.0 Å². The molecule has 148 valence electrons. The van der Waals surface area contributed by atoms with Crippen molar-refractivity contribution in [3.63, 3.8) is 0 Å². The van der Waals surface area contributed by atoms with Gasteiger partial charge in [-0.15, -0.1) is 0 Å². The van der Waals surface area contributed by atoms with E-state index in [1.54, 1.807) is 23.2 Å². The van der Waals surface area contributed by atoms with Crippen molar-refractivity contribution in [1.29, 1.82) is 0 Å². The Labute approximate surface area is 159 Å². The molecule has 0 spiro atoms. The number of aromatic nitrogens is 1. The van der Waals surface area contributed by atoms with Gasteiger partial charge in [0.25, 0.3) is 5.56 Å². The summed E-state index contributed by atoms with van der Waals surface area (Å²) in [5.41, 5.74) is -0.174. The number of hydrogen-bond acceptors (Lipinski definition) is 5. The Hall–Kier alpha value is -2.70. The minimum Gasteiger partial charge on any atom is -0.493 e. The third-order valence-electron chi connectivity index (χ3n) is 4.51. The van der Waals surface area contributed by atoms with E-state index >= 15 is 0 Å². The molecule has 0 aliphatic heterocycles. The molecule has 0 bridgehead atoms. The lowest BCUT2D eigenvalue weighted by molar-refractivity contribution is 0.154. The van der Waals surface area contributed by atoms with Gasteiger partial charge < -0.3 is 23.7 Å². The molecule has 27 heavy (non-hydrogen) atoms. The number of carbonyl (C=O) groups is 1. The maximum Gasteiger partial charge on any atom is 0.415 e. The van der Waals surface area contributed by atoms with Crippen molar-refractivity contribution in [2.24, 2.45) is 0 Å². The smallest absolute Gasteiger partial charge is 0.415 e. The highest BCUT2D eigenvalue weighted by atomic mass is 16.6. The van der Waals surface area contributed by atoms with E-state index in [-0.39, 0.29) is 5.56 Å². The number of pyridine rings is 1. The molecule has 0 saturated carbocycles. The van der Waals surface area contributed by atoms with Crippen molar-refractivity contribution in [3.05, 3.63) is 28.7 Å². The molecule has 0 aliphatic rings. The summed E-state index contributed by atoms with van der Waals surface area (Å²) in [5.74, 6) is 1.24. The molecule has 7 heteroatoms. The van der Waals surface area contributed by atoms with E-state index in [1.165, 1.54) is 18.8 Å². The first-order valence-corrected chi connectivity index (χ1v) is 9.26. The summed E-state index contributed by atoms with van der Waals surface area (Å²) >= 11 is 0. The van der Waals surface area contributed by atoms with Gasteiger partial charge in [0.15, 0.2) is 17.2 Å². The molecule has 7 nitrogen and oxygen atoms in total. The molecule has 0 saturated heterocycles. The van der Waals surface area contributed by atoms with Crippen molar-refractivity contribution in [1.82, 2.24) is 9.47 Å². The Morgan fingerprint density at radius 3 is 2.19 bits per heavy atom. The van der Waals surface area contributed by atoms with E-state index in [4.69, 9.17) is 14.2 Å². The average molecular weight is 376 g/mol. The lowest BCUT2D eigenvalue weighted by Crippen LogP contribution is -2.34. The van der Waals surface area contributed by atoms with Crippen LogP contribution in [0.3, 0.4) is 0 Å². The van der Waals surface area contributed by atoms with Crippen LogP contribution in [0.4, 0.5) is 4.79 Å². The van der Waals surface area contributed by atoms with Crippen LogP contribution in [0.15, 0.2) is 23.1 Å². The van der Waals surface area contributed by atoms with Crippen molar-refractivity contribution in [3.8, 4) is 17.2 Å². The topological polar surface area (TPSA) is 70.0 Å².